The third-order valence-corrected chi connectivity index (χ3v) is 2.98. The Morgan fingerprint density at radius 2 is 1.87 bits per heavy atom. The summed E-state index contributed by atoms with van der Waals surface area (Å²) < 4.78 is 13.5. The van der Waals surface area contributed by atoms with Crippen molar-refractivity contribution in [2.45, 2.75) is 59.2 Å². The molecule has 1 N–H and O–H groups in total. The summed E-state index contributed by atoms with van der Waals surface area (Å²) >= 11 is 0. The van der Waals surface area contributed by atoms with Crippen LogP contribution in [0.15, 0.2) is 0 Å². The van der Waals surface area contributed by atoms with Gasteiger partial charge in [0.2, 0.25) is 0 Å². The van der Waals surface area contributed by atoms with Gasteiger partial charge in [0, 0.05) is 7.47 Å². The molecule has 0 heterocycles. The molecule has 0 aromatic carbocycles. The van der Waals surface area contributed by atoms with Crippen molar-refractivity contribution in [3.63, 3.8) is 0 Å². The quantitative estimate of drug-likeness (QED) is 0.773. The average molecular weight is 217 g/mol. The highest BCUT2D eigenvalue weighted by Crippen LogP contribution is 2.40. The van der Waals surface area contributed by atoms with Crippen molar-refractivity contribution in [2.75, 3.05) is 0 Å². The fourth-order valence-corrected chi connectivity index (χ4v) is 1.99. The van der Waals surface area contributed by atoms with Crippen molar-refractivity contribution in [1.29, 1.82) is 0 Å². The third-order valence-electron chi connectivity index (χ3n) is 2.98. The van der Waals surface area contributed by atoms with Gasteiger partial charge in [0.25, 0.3) is 5.91 Å². The summed E-state index contributed by atoms with van der Waals surface area (Å²) in [6, 6.07) is 0.0261. The minimum absolute atomic E-state index is 0. The Morgan fingerprint density at radius 1 is 1.40 bits per heavy atom. The highest BCUT2D eigenvalue weighted by molar-refractivity contribution is 5.88. The average Bonchev–Trinajstić information content (AvgIpc) is 2.77. The van der Waals surface area contributed by atoms with Gasteiger partial charge >= 0.3 is 0 Å². The summed E-state index contributed by atoms with van der Waals surface area (Å²) in [6.07, 6.45) is 0.765. The first kappa shape index (κ1) is 12.5. The Kier molecular flexibility index (Phi) is 3.13. The fraction of sp³-hybridized carbons (Fsp3) is 0.917. The first-order chi connectivity index (χ1) is 6.67. The van der Waals surface area contributed by atoms with E-state index in [2.05, 4.69) is 26.1 Å². The van der Waals surface area contributed by atoms with Crippen molar-refractivity contribution in [2.24, 2.45) is 11.3 Å². The van der Waals surface area contributed by atoms with Crippen LogP contribution in [-0.2, 0) is 4.79 Å². The van der Waals surface area contributed by atoms with Crippen LogP contribution in [0.2, 0.25) is 0 Å². The fourth-order valence-electron chi connectivity index (χ4n) is 1.99. The predicted molar refractivity (Wildman–Crippen MR) is 61.4 cm³/mol. The van der Waals surface area contributed by atoms with Gasteiger partial charge < -0.3 is 5.32 Å². The lowest BCUT2D eigenvalue weighted by Crippen LogP contribution is -2.50. The number of carbonyl (C=O) groups is 1. The van der Waals surface area contributed by atoms with Crippen molar-refractivity contribution in [3.8, 4) is 0 Å². The van der Waals surface area contributed by atoms with Gasteiger partial charge in [-0.3, -0.25) is 4.79 Å². The number of nitrogens with one attached hydrogen (secondary N) is 1. The molecule has 1 fully saturated rings. The van der Waals surface area contributed by atoms with Gasteiger partial charge in [-0.2, -0.15) is 0 Å². The van der Waals surface area contributed by atoms with Gasteiger partial charge in [-0.05, 0) is 24.2 Å². The van der Waals surface area contributed by atoms with E-state index in [-0.39, 0.29) is 12.9 Å². The molecule has 1 aliphatic carbocycles. The van der Waals surface area contributed by atoms with Crippen LogP contribution in [0.4, 0.5) is 4.39 Å². The smallest absolute Gasteiger partial charge is 0.257 e. The Labute approximate surface area is 93.1 Å². The van der Waals surface area contributed by atoms with Crippen molar-refractivity contribution >= 4 is 5.91 Å². The van der Waals surface area contributed by atoms with E-state index in [4.69, 9.17) is 0 Å². The van der Waals surface area contributed by atoms with Gasteiger partial charge in [0.05, 0.1) is 0 Å². The van der Waals surface area contributed by atoms with E-state index < -0.39 is 11.6 Å². The van der Waals surface area contributed by atoms with Crippen molar-refractivity contribution in [1.82, 2.24) is 5.32 Å². The zero-order chi connectivity index (χ0) is 11.9. The number of carbonyl (C=O) groups excluding carboxylic acids is 1. The van der Waals surface area contributed by atoms with E-state index in [9.17, 15) is 9.18 Å². The van der Waals surface area contributed by atoms with E-state index >= 15 is 0 Å². The molecule has 0 aliphatic heterocycles. The molecule has 90 valence electrons. The molecule has 0 bridgehead atoms. The minimum Gasteiger partial charge on any atom is -0.350 e. The summed E-state index contributed by atoms with van der Waals surface area (Å²) in [5.74, 6) is -0.104. The molecule has 3 heteroatoms. The summed E-state index contributed by atoms with van der Waals surface area (Å²) in [6.45, 7) is 10.3. The molecule has 0 aromatic heterocycles. The zero-order valence-corrected chi connectivity index (χ0v) is 10.4. The van der Waals surface area contributed by atoms with Crippen LogP contribution in [0, 0.1) is 11.3 Å². The van der Waals surface area contributed by atoms with Crippen LogP contribution < -0.4 is 5.32 Å². The van der Waals surface area contributed by atoms with E-state index in [0.717, 1.165) is 0 Å². The maximum atomic E-state index is 13.5. The maximum absolute atomic E-state index is 13.5. The summed E-state index contributed by atoms with van der Waals surface area (Å²) in [5.41, 5.74) is -1.59. The normalized spacial score (nSPS) is 21.3. The lowest BCUT2D eigenvalue weighted by Gasteiger charge is -2.35. The lowest BCUT2D eigenvalue weighted by atomic mass is 9.80. The molecule has 1 amide bonds. The van der Waals surface area contributed by atoms with Crippen LogP contribution >= 0.6 is 0 Å². The van der Waals surface area contributed by atoms with E-state index in [0.29, 0.717) is 18.8 Å². The molecule has 1 rings (SSSR count). The summed E-state index contributed by atoms with van der Waals surface area (Å²) in [4.78, 5) is 11.6. The minimum atomic E-state index is -1.56. The van der Waals surface area contributed by atoms with Crippen molar-refractivity contribution in [3.05, 3.63) is 0 Å². The van der Waals surface area contributed by atoms with Crippen LogP contribution in [-0.4, -0.2) is 17.6 Å². The van der Waals surface area contributed by atoms with Crippen LogP contribution in [0.25, 0.3) is 0 Å². The second-order valence-corrected chi connectivity index (χ2v) is 6.03. The van der Waals surface area contributed by atoms with Gasteiger partial charge in [-0.25, -0.2) is 4.39 Å². The largest absolute Gasteiger partial charge is 0.350 e. The van der Waals surface area contributed by atoms with Crippen LogP contribution in [0.3, 0.4) is 0 Å². The predicted octanol–water partition coefficient (Wildman–Crippen LogP) is 2.92. The number of halogens is 1. The topological polar surface area (TPSA) is 29.1 Å². The number of rotatable bonds is 3. The molecule has 0 spiro atoms. The van der Waals surface area contributed by atoms with Crippen LogP contribution in [0.1, 0.15) is 48.9 Å². The summed E-state index contributed by atoms with van der Waals surface area (Å²) in [7, 11) is 0. The maximum Gasteiger partial charge on any atom is 0.257 e. The lowest BCUT2D eigenvalue weighted by molar-refractivity contribution is -0.129. The van der Waals surface area contributed by atoms with E-state index in [1.807, 2.05) is 13.8 Å². The first-order valence-electron chi connectivity index (χ1n) is 5.67. The van der Waals surface area contributed by atoms with E-state index in [1.54, 1.807) is 0 Å². The van der Waals surface area contributed by atoms with Gasteiger partial charge in [0.1, 0.15) is 0 Å². The Hall–Kier alpha value is -0.600. The van der Waals surface area contributed by atoms with Crippen molar-refractivity contribution < 1.29 is 10.6 Å². The highest BCUT2D eigenvalue weighted by atomic mass is 19.1. The molecule has 2 nitrogen and oxygen atoms in total. The second-order valence-electron chi connectivity index (χ2n) is 6.03. The Morgan fingerprint density at radius 3 is 2.13 bits per heavy atom. The third kappa shape index (κ3) is 2.93. The summed E-state index contributed by atoms with van der Waals surface area (Å²) in [5, 5.41) is 2.84. The molecule has 0 unspecified atom stereocenters. The number of hydrogen-bond donors (Lipinski definition) is 1. The number of amides is 1. The second kappa shape index (κ2) is 3.76. The molecule has 1 aliphatic rings. The standard InChI is InChI=1S/C12H22FNO.H2/c1-8(2)9(11(3,4)5)14-10(15)12(13)6-7-12;/h8-9H,6-7H2,1-5H3,(H,14,15);1H/t9-;/m0./s1. The molecule has 1 atom stereocenters. The molecular weight excluding hydrogens is 193 g/mol. The molecule has 0 saturated heterocycles. The molecular formula is C12H24FNO. The molecule has 0 aromatic rings. The molecule has 0 radical (unpaired) electrons. The monoisotopic (exact) mass is 217 g/mol. The number of hydrogen-bond acceptors (Lipinski definition) is 1. The first-order valence-corrected chi connectivity index (χ1v) is 5.67. The molecule has 15 heavy (non-hydrogen) atoms. The Bertz CT molecular complexity index is 256. The Balaban J connectivity index is 0.00000225. The van der Waals surface area contributed by atoms with Gasteiger partial charge in [0.15, 0.2) is 5.67 Å². The van der Waals surface area contributed by atoms with E-state index in [1.165, 1.54) is 0 Å². The van der Waals surface area contributed by atoms with Gasteiger partial charge in [-0.1, -0.05) is 34.6 Å². The SMILES string of the molecule is CC(C)[C@H](NC(=O)C1(F)CC1)C(C)(C)C.[HH]. The highest BCUT2D eigenvalue weighted by Gasteiger charge is 2.51. The zero-order valence-electron chi connectivity index (χ0n) is 10.4. The van der Waals surface area contributed by atoms with Gasteiger partial charge in [-0.15, -0.1) is 0 Å². The molecule has 1 saturated carbocycles. The number of alkyl halides is 1. The van der Waals surface area contributed by atoms with Crippen LogP contribution in [0.5, 0.6) is 0 Å².